The van der Waals surface area contributed by atoms with Gasteiger partial charge in [0.05, 0.1) is 0 Å². The van der Waals surface area contributed by atoms with Crippen LogP contribution in [-0.4, -0.2) is 10.4 Å². The number of hydrogen-bond acceptors (Lipinski definition) is 1. The standard InChI is InChI=1S/C18H17NO/c1-14-13-19(17-10-6-5-9-16(14)17)12-11-18(20)15-7-3-2-4-8-15/h2-10,13H,11-12H2,1H3. The smallest absolute Gasteiger partial charge is 0.164 e. The number of benzene rings is 2. The van der Waals surface area contributed by atoms with Crippen molar-refractivity contribution in [2.75, 3.05) is 0 Å². The molecule has 0 bridgehead atoms. The average molecular weight is 263 g/mol. The Morgan fingerprint density at radius 1 is 1.00 bits per heavy atom. The molecule has 1 aromatic heterocycles. The first kappa shape index (κ1) is 12.7. The van der Waals surface area contributed by atoms with E-state index in [1.54, 1.807) is 0 Å². The van der Waals surface area contributed by atoms with Gasteiger partial charge in [0.2, 0.25) is 0 Å². The lowest BCUT2D eigenvalue weighted by Gasteiger charge is -2.05. The molecule has 20 heavy (non-hydrogen) atoms. The molecule has 3 aromatic rings. The van der Waals surface area contributed by atoms with E-state index in [-0.39, 0.29) is 5.78 Å². The van der Waals surface area contributed by atoms with Gasteiger partial charge in [-0.1, -0.05) is 48.5 Å². The first-order valence-electron chi connectivity index (χ1n) is 6.88. The summed E-state index contributed by atoms with van der Waals surface area (Å²) < 4.78 is 2.17. The summed E-state index contributed by atoms with van der Waals surface area (Å²) in [5.41, 5.74) is 3.25. The fourth-order valence-electron chi connectivity index (χ4n) is 2.61. The largest absolute Gasteiger partial charge is 0.347 e. The molecule has 2 aromatic carbocycles. The van der Waals surface area contributed by atoms with Crippen LogP contribution < -0.4 is 0 Å². The summed E-state index contributed by atoms with van der Waals surface area (Å²) in [6.45, 7) is 2.83. The number of fused-ring (bicyclic) bond motifs is 1. The van der Waals surface area contributed by atoms with E-state index in [9.17, 15) is 4.79 Å². The minimum atomic E-state index is 0.195. The predicted octanol–water partition coefficient (Wildman–Crippen LogP) is 4.22. The summed E-state index contributed by atoms with van der Waals surface area (Å²) >= 11 is 0. The molecule has 0 radical (unpaired) electrons. The van der Waals surface area contributed by atoms with Crippen LogP contribution in [0.1, 0.15) is 22.3 Å². The molecule has 0 aliphatic heterocycles. The van der Waals surface area contributed by atoms with Crippen molar-refractivity contribution in [3.8, 4) is 0 Å². The van der Waals surface area contributed by atoms with Crippen molar-refractivity contribution in [3.05, 3.63) is 71.9 Å². The maximum atomic E-state index is 12.1. The lowest BCUT2D eigenvalue weighted by Crippen LogP contribution is -2.05. The first-order chi connectivity index (χ1) is 9.75. The molecular formula is C18H17NO. The Bertz CT molecular complexity index is 740. The fourth-order valence-corrected chi connectivity index (χ4v) is 2.61. The molecule has 0 saturated carbocycles. The third-order valence-electron chi connectivity index (χ3n) is 3.66. The van der Waals surface area contributed by atoms with Gasteiger partial charge in [-0.05, 0) is 18.6 Å². The van der Waals surface area contributed by atoms with Gasteiger partial charge in [-0.25, -0.2) is 0 Å². The number of aryl methyl sites for hydroxylation is 2. The van der Waals surface area contributed by atoms with Gasteiger partial charge in [-0.15, -0.1) is 0 Å². The second kappa shape index (κ2) is 5.33. The second-order valence-corrected chi connectivity index (χ2v) is 5.06. The van der Waals surface area contributed by atoms with Crippen molar-refractivity contribution in [1.82, 2.24) is 4.57 Å². The monoisotopic (exact) mass is 263 g/mol. The molecule has 2 heteroatoms. The zero-order valence-electron chi connectivity index (χ0n) is 11.5. The molecule has 0 fully saturated rings. The Labute approximate surface area is 118 Å². The van der Waals surface area contributed by atoms with Gasteiger partial charge in [-0.3, -0.25) is 4.79 Å². The van der Waals surface area contributed by atoms with Gasteiger partial charge in [0.25, 0.3) is 0 Å². The van der Waals surface area contributed by atoms with Crippen molar-refractivity contribution in [2.45, 2.75) is 19.9 Å². The second-order valence-electron chi connectivity index (χ2n) is 5.06. The van der Waals surface area contributed by atoms with Crippen LogP contribution in [0.2, 0.25) is 0 Å². The number of carbonyl (C=O) groups excluding carboxylic acids is 1. The van der Waals surface area contributed by atoms with Crippen LogP contribution in [0.3, 0.4) is 0 Å². The van der Waals surface area contributed by atoms with E-state index in [4.69, 9.17) is 0 Å². The molecule has 0 aliphatic carbocycles. The quantitative estimate of drug-likeness (QED) is 0.646. The number of aromatic nitrogens is 1. The minimum absolute atomic E-state index is 0.195. The maximum Gasteiger partial charge on any atom is 0.164 e. The molecule has 100 valence electrons. The molecule has 2 nitrogen and oxygen atoms in total. The number of hydrogen-bond donors (Lipinski definition) is 0. The van der Waals surface area contributed by atoms with E-state index >= 15 is 0 Å². The summed E-state index contributed by atoms with van der Waals surface area (Å²) in [5.74, 6) is 0.195. The predicted molar refractivity (Wildman–Crippen MR) is 82.1 cm³/mol. The highest BCUT2D eigenvalue weighted by Crippen LogP contribution is 2.20. The Hall–Kier alpha value is -2.35. The van der Waals surface area contributed by atoms with E-state index in [0.717, 1.165) is 12.1 Å². The van der Waals surface area contributed by atoms with E-state index in [2.05, 4.69) is 35.9 Å². The zero-order chi connectivity index (χ0) is 13.9. The zero-order valence-corrected chi connectivity index (χ0v) is 11.5. The minimum Gasteiger partial charge on any atom is -0.347 e. The van der Waals surface area contributed by atoms with Crippen molar-refractivity contribution in [2.24, 2.45) is 0 Å². The third-order valence-corrected chi connectivity index (χ3v) is 3.66. The number of carbonyl (C=O) groups is 1. The number of ketones is 1. The normalized spacial score (nSPS) is 10.8. The van der Waals surface area contributed by atoms with Gasteiger partial charge >= 0.3 is 0 Å². The van der Waals surface area contributed by atoms with Crippen LogP contribution in [0, 0.1) is 6.92 Å². The van der Waals surface area contributed by atoms with Crippen molar-refractivity contribution in [3.63, 3.8) is 0 Å². The van der Waals surface area contributed by atoms with Crippen LogP contribution >= 0.6 is 0 Å². The Morgan fingerprint density at radius 3 is 2.50 bits per heavy atom. The van der Waals surface area contributed by atoms with Crippen molar-refractivity contribution < 1.29 is 4.79 Å². The summed E-state index contributed by atoms with van der Waals surface area (Å²) in [4.78, 5) is 12.1. The highest BCUT2D eigenvalue weighted by Gasteiger charge is 2.08. The van der Waals surface area contributed by atoms with Gasteiger partial charge in [-0.2, -0.15) is 0 Å². The molecule has 0 saturated heterocycles. The highest BCUT2D eigenvalue weighted by molar-refractivity contribution is 5.96. The number of rotatable bonds is 4. The van der Waals surface area contributed by atoms with Crippen LogP contribution in [0.15, 0.2) is 60.8 Å². The molecule has 0 atom stereocenters. The van der Waals surface area contributed by atoms with Gasteiger partial charge < -0.3 is 4.57 Å². The SMILES string of the molecule is Cc1cn(CCC(=O)c2ccccc2)c2ccccc12. The summed E-state index contributed by atoms with van der Waals surface area (Å²) in [6.07, 6.45) is 2.66. The molecule has 0 amide bonds. The molecule has 0 spiro atoms. The summed E-state index contributed by atoms with van der Waals surface area (Å²) in [7, 11) is 0. The molecule has 0 unspecified atom stereocenters. The van der Waals surface area contributed by atoms with Crippen LogP contribution in [0.25, 0.3) is 10.9 Å². The molecular weight excluding hydrogens is 246 g/mol. The van der Waals surface area contributed by atoms with Crippen LogP contribution in [0.5, 0.6) is 0 Å². The lowest BCUT2D eigenvalue weighted by molar-refractivity contribution is 0.0977. The summed E-state index contributed by atoms with van der Waals surface area (Å²) in [5, 5.41) is 1.26. The van der Waals surface area contributed by atoms with Gasteiger partial charge in [0.15, 0.2) is 5.78 Å². The Balaban J connectivity index is 1.79. The maximum absolute atomic E-state index is 12.1. The fraction of sp³-hybridized carbons (Fsp3) is 0.167. The number of para-hydroxylation sites is 1. The van der Waals surface area contributed by atoms with Crippen molar-refractivity contribution in [1.29, 1.82) is 0 Å². The van der Waals surface area contributed by atoms with Crippen LogP contribution in [-0.2, 0) is 6.54 Å². The average Bonchev–Trinajstić information content (AvgIpc) is 2.83. The lowest BCUT2D eigenvalue weighted by atomic mass is 10.1. The Morgan fingerprint density at radius 2 is 1.70 bits per heavy atom. The molecule has 1 heterocycles. The highest BCUT2D eigenvalue weighted by atomic mass is 16.1. The Kier molecular flexibility index (Phi) is 3.38. The first-order valence-corrected chi connectivity index (χ1v) is 6.88. The van der Waals surface area contributed by atoms with E-state index in [1.807, 2.05) is 36.4 Å². The van der Waals surface area contributed by atoms with Gasteiger partial charge in [0, 0.05) is 35.6 Å². The van der Waals surface area contributed by atoms with Gasteiger partial charge in [0.1, 0.15) is 0 Å². The molecule has 3 rings (SSSR count). The van der Waals surface area contributed by atoms with E-state index in [0.29, 0.717) is 6.42 Å². The van der Waals surface area contributed by atoms with E-state index in [1.165, 1.54) is 16.5 Å². The van der Waals surface area contributed by atoms with Crippen molar-refractivity contribution >= 4 is 16.7 Å². The van der Waals surface area contributed by atoms with E-state index < -0.39 is 0 Å². The molecule has 0 aliphatic rings. The summed E-state index contributed by atoms with van der Waals surface area (Å²) in [6, 6.07) is 17.8. The number of nitrogens with zero attached hydrogens (tertiary/aromatic N) is 1. The topological polar surface area (TPSA) is 22.0 Å². The number of Topliss-reactive ketones (excluding diaryl/α,β-unsaturated/α-hetero) is 1. The molecule has 0 N–H and O–H groups in total. The van der Waals surface area contributed by atoms with Crippen LogP contribution in [0.4, 0.5) is 0 Å². The third kappa shape index (κ3) is 2.37.